The van der Waals surface area contributed by atoms with E-state index in [9.17, 15) is 4.79 Å². The molecule has 0 heterocycles. The van der Waals surface area contributed by atoms with E-state index < -0.39 is 0 Å². The van der Waals surface area contributed by atoms with E-state index in [0.29, 0.717) is 6.61 Å². The van der Waals surface area contributed by atoms with Crippen LogP contribution < -0.4 is 0 Å². The van der Waals surface area contributed by atoms with Crippen LogP contribution in [0.2, 0.25) is 0 Å². The van der Waals surface area contributed by atoms with Gasteiger partial charge >= 0.3 is 5.97 Å². The second-order valence-electron chi connectivity index (χ2n) is 1.27. The minimum Gasteiger partial charge on any atom is -0.462 e. The fraction of sp³-hybridized carbons (Fsp3) is 0.333. The molecule has 8 heavy (non-hydrogen) atoms. The highest BCUT2D eigenvalue weighted by molar-refractivity contribution is 5.65. The van der Waals surface area contributed by atoms with E-state index in [1.807, 2.05) is 0 Å². The fourth-order valence-corrected chi connectivity index (χ4v) is 0.234. The molecule has 2 heteroatoms. The number of hydrogen-bond donors (Lipinski definition) is 0. The molecule has 1 radical (unpaired) electrons. The zero-order chi connectivity index (χ0) is 6.41. The van der Waals surface area contributed by atoms with Crippen molar-refractivity contribution in [3.05, 3.63) is 19.1 Å². The maximum atomic E-state index is 10.0. The van der Waals surface area contributed by atoms with Gasteiger partial charge in [0.15, 0.2) is 0 Å². The van der Waals surface area contributed by atoms with E-state index in [4.69, 9.17) is 0 Å². The summed E-state index contributed by atoms with van der Waals surface area (Å²) < 4.78 is 4.52. The van der Waals surface area contributed by atoms with Crippen LogP contribution in [0.1, 0.15) is 6.92 Å². The SMILES string of the molecule is [CH2]/C=C/COC(C)=O. The molecule has 0 aromatic rings. The molecule has 0 rings (SSSR count). The Morgan fingerprint density at radius 1 is 1.88 bits per heavy atom. The Labute approximate surface area is 49.1 Å². The molecule has 0 unspecified atom stereocenters. The van der Waals surface area contributed by atoms with Gasteiger partial charge in [0.2, 0.25) is 0 Å². The molecule has 0 N–H and O–H groups in total. The van der Waals surface area contributed by atoms with Crippen LogP contribution in [0.25, 0.3) is 0 Å². The minimum atomic E-state index is -0.261. The van der Waals surface area contributed by atoms with Gasteiger partial charge in [0.05, 0.1) is 0 Å². The van der Waals surface area contributed by atoms with Crippen LogP contribution in [0.4, 0.5) is 0 Å². The molecule has 2 nitrogen and oxygen atoms in total. The van der Waals surface area contributed by atoms with Crippen molar-refractivity contribution in [2.75, 3.05) is 6.61 Å². The van der Waals surface area contributed by atoms with E-state index in [1.165, 1.54) is 6.92 Å². The van der Waals surface area contributed by atoms with Crippen molar-refractivity contribution < 1.29 is 9.53 Å². The summed E-state index contributed by atoms with van der Waals surface area (Å²) in [6.07, 6.45) is 3.25. The van der Waals surface area contributed by atoms with Gasteiger partial charge in [-0.15, -0.1) is 0 Å². The lowest BCUT2D eigenvalue weighted by atomic mass is 10.5. The largest absolute Gasteiger partial charge is 0.462 e. The molecule has 0 aromatic carbocycles. The van der Waals surface area contributed by atoms with Crippen molar-refractivity contribution in [2.45, 2.75) is 6.92 Å². The summed E-state index contributed by atoms with van der Waals surface area (Å²) >= 11 is 0. The third-order valence-corrected chi connectivity index (χ3v) is 0.549. The summed E-state index contributed by atoms with van der Waals surface area (Å²) in [5.74, 6) is -0.261. The minimum absolute atomic E-state index is 0.261. The van der Waals surface area contributed by atoms with Gasteiger partial charge in [-0.2, -0.15) is 0 Å². The predicted octanol–water partition coefficient (Wildman–Crippen LogP) is 0.940. The summed E-state index contributed by atoms with van der Waals surface area (Å²) in [6, 6.07) is 0. The molecule has 0 aliphatic heterocycles. The van der Waals surface area contributed by atoms with Crippen molar-refractivity contribution in [3.8, 4) is 0 Å². The number of carbonyl (C=O) groups is 1. The molecule has 0 aliphatic rings. The number of esters is 1. The highest BCUT2D eigenvalue weighted by Gasteiger charge is 1.84. The van der Waals surface area contributed by atoms with Gasteiger partial charge in [0.25, 0.3) is 0 Å². The summed E-state index contributed by atoms with van der Waals surface area (Å²) in [5, 5.41) is 0. The lowest BCUT2D eigenvalue weighted by molar-refractivity contribution is -0.139. The van der Waals surface area contributed by atoms with Gasteiger partial charge in [-0.05, 0) is 6.92 Å². The maximum absolute atomic E-state index is 10.0. The molecule has 0 bridgehead atoms. The summed E-state index contributed by atoms with van der Waals surface area (Å²) in [5.41, 5.74) is 0. The second kappa shape index (κ2) is 4.37. The Hall–Kier alpha value is -0.790. The maximum Gasteiger partial charge on any atom is 0.302 e. The highest BCUT2D eigenvalue weighted by atomic mass is 16.5. The Balaban J connectivity index is 3.05. The monoisotopic (exact) mass is 113 g/mol. The average Bonchev–Trinajstić information content (AvgIpc) is 1.66. The highest BCUT2D eigenvalue weighted by Crippen LogP contribution is 1.76. The van der Waals surface area contributed by atoms with Crippen molar-refractivity contribution in [1.29, 1.82) is 0 Å². The third kappa shape index (κ3) is 5.21. The average molecular weight is 113 g/mol. The van der Waals surface area contributed by atoms with E-state index in [2.05, 4.69) is 11.7 Å². The van der Waals surface area contributed by atoms with Gasteiger partial charge in [0.1, 0.15) is 6.61 Å². The first-order valence-electron chi connectivity index (χ1n) is 2.35. The molecule has 0 saturated heterocycles. The topological polar surface area (TPSA) is 26.3 Å². The Bertz CT molecular complexity index is 94.7. The lowest BCUT2D eigenvalue weighted by Crippen LogP contribution is -1.96. The molecular weight excluding hydrogens is 104 g/mol. The zero-order valence-electron chi connectivity index (χ0n) is 4.89. The molecule has 0 amide bonds. The smallest absolute Gasteiger partial charge is 0.302 e. The molecule has 45 valence electrons. The molecule has 0 fully saturated rings. The number of carbonyl (C=O) groups excluding carboxylic acids is 1. The Morgan fingerprint density at radius 3 is 2.88 bits per heavy atom. The quantitative estimate of drug-likeness (QED) is 0.498. The standard InChI is InChI=1S/C6H9O2/c1-3-4-5-8-6(2)7/h3-4H,1,5H2,2H3/b4-3+. The number of ether oxygens (including phenoxy) is 1. The normalized spacial score (nSPS) is 9.75. The Kier molecular flexibility index (Phi) is 3.94. The molecule has 0 aromatic heterocycles. The first-order chi connectivity index (χ1) is 3.77. The van der Waals surface area contributed by atoms with Crippen molar-refractivity contribution in [3.63, 3.8) is 0 Å². The molecule has 0 aliphatic carbocycles. The van der Waals surface area contributed by atoms with Crippen LogP contribution in [-0.4, -0.2) is 12.6 Å². The fourth-order valence-electron chi connectivity index (χ4n) is 0.234. The van der Waals surface area contributed by atoms with Gasteiger partial charge in [-0.25, -0.2) is 0 Å². The van der Waals surface area contributed by atoms with E-state index in [1.54, 1.807) is 12.2 Å². The number of allylic oxidation sites excluding steroid dienone is 1. The molecular formula is C6H9O2. The summed E-state index contributed by atoms with van der Waals surface area (Å²) in [7, 11) is 0. The zero-order valence-corrected chi connectivity index (χ0v) is 4.89. The molecule has 0 saturated carbocycles. The third-order valence-electron chi connectivity index (χ3n) is 0.549. The van der Waals surface area contributed by atoms with Crippen LogP contribution in [0.3, 0.4) is 0 Å². The predicted molar refractivity (Wildman–Crippen MR) is 31.1 cm³/mol. The molecule has 0 spiro atoms. The number of hydrogen-bond acceptors (Lipinski definition) is 2. The van der Waals surface area contributed by atoms with Crippen molar-refractivity contribution in [2.24, 2.45) is 0 Å². The van der Waals surface area contributed by atoms with E-state index in [-0.39, 0.29) is 5.97 Å². The summed E-state index contributed by atoms with van der Waals surface area (Å²) in [4.78, 5) is 10.0. The van der Waals surface area contributed by atoms with Gasteiger partial charge in [0, 0.05) is 6.92 Å². The first-order valence-corrected chi connectivity index (χ1v) is 2.35. The van der Waals surface area contributed by atoms with E-state index in [0.717, 1.165) is 0 Å². The van der Waals surface area contributed by atoms with Crippen molar-refractivity contribution >= 4 is 5.97 Å². The van der Waals surface area contributed by atoms with Crippen LogP contribution in [0.15, 0.2) is 12.2 Å². The van der Waals surface area contributed by atoms with Crippen molar-refractivity contribution in [1.82, 2.24) is 0 Å². The number of rotatable bonds is 2. The van der Waals surface area contributed by atoms with Gasteiger partial charge in [-0.3, -0.25) is 4.79 Å². The van der Waals surface area contributed by atoms with Crippen LogP contribution in [0.5, 0.6) is 0 Å². The lowest BCUT2D eigenvalue weighted by Gasteiger charge is -1.91. The van der Waals surface area contributed by atoms with E-state index >= 15 is 0 Å². The second-order valence-corrected chi connectivity index (χ2v) is 1.27. The van der Waals surface area contributed by atoms with Crippen LogP contribution in [-0.2, 0) is 9.53 Å². The van der Waals surface area contributed by atoms with Crippen LogP contribution in [0, 0.1) is 6.92 Å². The van der Waals surface area contributed by atoms with Gasteiger partial charge in [-0.1, -0.05) is 12.2 Å². The summed E-state index contributed by atoms with van der Waals surface area (Å²) in [6.45, 7) is 5.11. The first kappa shape index (κ1) is 7.21. The van der Waals surface area contributed by atoms with Crippen LogP contribution >= 0.6 is 0 Å². The van der Waals surface area contributed by atoms with Gasteiger partial charge < -0.3 is 4.74 Å². The Morgan fingerprint density at radius 2 is 2.50 bits per heavy atom. The molecule has 0 atom stereocenters.